The van der Waals surface area contributed by atoms with Gasteiger partial charge in [-0.25, -0.2) is 4.79 Å². The van der Waals surface area contributed by atoms with E-state index in [1.54, 1.807) is 14.0 Å². The van der Waals surface area contributed by atoms with Gasteiger partial charge >= 0.3 is 6.03 Å². The number of nitrogens with one attached hydrogen (secondary N) is 2. The van der Waals surface area contributed by atoms with Crippen LogP contribution in [0.3, 0.4) is 0 Å². The first kappa shape index (κ1) is 16.3. The maximum Gasteiger partial charge on any atom is 0.315 e. The zero-order valence-corrected chi connectivity index (χ0v) is 13.4. The summed E-state index contributed by atoms with van der Waals surface area (Å²) >= 11 is 1.51. The zero-order valence-electron chi connectivity index (χ0n) is 12.6. The number of methoxy groups -OCH3 is 1. The van der Waals surface area contributed by atoms with Crippen LogP contribution in [0.2, 0.25) is 0 Å². The first-order valence-electron chi connectivity index (χ1n) is 6.91. The van der Waals surface area contributed by atoms with Crippen LogP contribution in [0.15, 0.2) is 41.1 Å². The second kappa shape index (κ2) is 7.29. The van der Waals surface area contributed by atoms with E-state index < -0.39 is 5.60 Å². The molecular weight excluding hydrogens is 300 g/mol. The molecule has 1 aromatic carbocycles. The average Bonchev–Trinajstić information content (AvgIpc) is 3.06. The van der Waals surface area contributed by atoms with E-state index in [1.807, 2.05) is 41.1 Å². The molecule has 2 aromatic rings. The number of rotatable bonds is 6. The minimum Gasteiger partial charge on any atom is -0.497 e. The fourth-order valence-corrected chi connectivity index (χ4v) is 2.74. The number of carbonyl (C=O) groups excluding carboxylic acids is 1. The Balaban J connectivity index is 1.80. The topological polar surface area (TPSA) is 70.6 Å². The third-order valence-corrected chi connectivity index (χ3v) is 4.01. The van der Waals surface area contributed by atoms with Crippen molar-refractivity contribution in [2.45, 2.75) is 19.1 Å². The molecule has 0 saturated carbocycles. The van der Waals surface area contributed by atoms with Crippen LogP contribution < -0.4 is 15.4 Å². The predicted molar refractivity (Wildman–Crippen MR) is 87.1 cm³/mol. The molecule has 5 nitrogen and oxygen atoms in total. The second-order valence-electron chi connectivity index (χ2n) is 5.17. The lowest BCUT2D eigenvalue weighted by atomic mass is 9.99. The lowest BCUT2D eigenvalue weighted by Gasteiger charge is -2.22. The van der Waals surface area contributed by atoms with Gasteiger partial charge in [0.05, 0.1) is 13.7 Å². The average molecular weight is 320 g/mol. The number of hydrogen-bond donors (Lipinski definition) is 3. The minimum absolute atomic E-state index is 0.147. The number of hydrogen-bond acceptors (Lipinski definition) is 4. The van der Waals surface area contributed by atoms with Gasteiger partial charge in [0.2, 0.25) is 0 Å². The maximum atomic E-state index is 11.8. The third-order valence-electron chi connectivity index (χ3n) is 3.32. The lowest BCUT2D eigenvalue weighted by molar-refractivity contribution is 0.0598. The number of urea groups is 1. The molecular formula is C16H20N2O3S. The molecule has 0 aliphatic carbocycles. The van der Waals surface area contributed by atoms with Crippen LogP contribution in [0.1, 0.15) is 18.1 Å². The molecule has 6 heteroatoms. The van der Waals surface area contributed by atoms with E-state index in [9.17, 15) is 9.90 Å². The number of benzene rings is 1. The Bertz CT molecular complexity index is 612. The molecule has 1 unspecified atom stereocenters. The van der Waals surface area contributed by atoms with Crippen LogP contribution in [0.5, 0.6) is 5.75 Å². The first-order chi connectivity index (χ1) is 10.5. The van der Waals surface area contributed by atoms with Crippen LogP contribution in [-0.2, 0) is 12.1 Å². The molecule has 2 amide bonds. The minimum atomic E-state index is -1.08. The first-order valence-corrected chi connectivity index (χ1v) is 7.85. The fraction of sp³-hybridized carbons (Fsp3) is 0.312. The molecule has 0 bridgehead atoms. The van der Waals surface area contributed by atoms with Crippen LogP contribution in [-0.4, -0.2) is 24.8 Å². The molecule has 1 atom stereocenters. The van der Waals surface area contributed by atoms with E-state index in [0.29, 0.717) is 6.54 Å². The molecule has 118 valence electrons. The van der Waals surface area contributed by atoms with Crippen molar-refractivity contribution in [3.05, 3.63) is 52.2 Å². The molecule has 0 radical (unpaired) electrons. The Labute approximate surface area is 133 Å². The van der Waals surface area contributed by atoms with Gasteiger partial charge in [0.1, 0.15) is 11.4 Å². The quantitative estimate of drug-likeness (QED) is 0.766. The largest absolute Gasteiger partial charge is 0.497 e. The SMILES string of the molecule is COc1cccc(CNC(=O)NCC(C)(O)c2ccsc2)c1. The highest BCUT2D eigenvalue weighted by molar-refractivity contribution is 7.08. The van der Waals surface area contributed by atoms with Crippen molar-refractivity contribution in [3.63, 3.8) is 0 Å². The molecule has 0 fully saturated rings. The molecule has 2 rings (SSSR count). The van der Waals surface area contributed by atoms with Crippen LogP contribution in [0.4, 0.5) is 4.79 Å². The summed E-state index contributed by atoms with van der Waals surface area (Å²) in [6.45, 7) is 2.22. The summed E-state index contributed by atoms with van der Waals surface area (Å²) in [5.74, 6) is 0.750. The molecule has 0 aliphatic rings. The van der Waals surface area contributed by atoms with Crippen molar-refractivity contribution >= 4 is 17.4 Å². The van der Waals surface area contributed by atoms with E-state index in [0.717, 1.165) is 16.9 Å². The van der Waals surface area contributed by atoms with Crippen molar-refractivity contribution in [1.29, 1.82) is 0 Å². The zero-order chi connectivity index (χ0) is 16.0. The molecule has 22 heavy (non-hydrogen) atoms. The van der Waals surface area contributed by atoms with E-state index in [-0.39, 0.29) is 12.6 Å². The van der Waals surface area contributed by atoms with Crippen LogP contribution >= 0.6 is 11.3 Å². The van der Waals surface area contributed by atoms with Gasteiger partial charge in [0.25, 0.3) is 0 Å². The van der Waals surface area contributed by atoms with Gasteiger partial charge in [0.15, 0.2) is 0 Å². The number of amides is 2. The van der Waals surface area contributed by atoms with Gasteiger partial charge in [0, 0.05) is 6.54 Å². The summed E-state index contributed by atoms with van der Waals surface area (Å²) in [6.07, 6.45) is 0. The highest BCUT2D eigenvalue weighted by atomic mass is 32.1. The van der Waals surface area contributed by atoms with E-state index in [1.165, 1.54) is 11.3 Å². The highest BCUT2D eigenvalue weighted by Gasteiger charge is 2.24. The highest BCUT2D eigenvalue weighted by Crippen LogP contribution is 2.21. The summed E-state index contributed by atoms with van der Waals surface area (Å²) in [7, 11) is 1.60. The normalized spacial score (nSPS) is 13.2. The maximum absolute atomic E-state index is 11.8. The Morgan fingerprint density at radius 2 is 2.18 bits per heavy atom. The standard InChI is InChI=1S/C16H20N2O3S/c1-16(20,13-6-7-22-10-13)11-18-15(19)17-9-12-4-3-5-14(8-12)21-2/h3-8,10,20H,9,11H2,1-2H3,(H2,17,18,19). The molecule has 0 aliphatic heterocycles. The Hall–Kier alpha value is -2.05. The summed E-state index contributed by atoms with van der Waals surface area (Å²) in [5.41, 5.74) is 0.664. The Morgan fingerprint density at radius 3 is 2.86 bits per heavy atom. The predicted octanol–water partition coefficient (Wildman–Crippen LogP) is 2.46. The van der Waals surface area contributed by atoms with Crippen LogP contribution in [0.25, 0.3) is 0 Å². The number of thiophene rings is 1. The van der Waals surface area contributed by atoms with E-state index in [2.05, 4.69) is 10.6 Å². The molecule has 1 heterocycles. The monoisotopic (exact) mass is 320 g/mol. The lowest BCUT2D eigenvalue weighted by Crippen LogP contribution is -2.43. The van der Waals surface area contributed by atoms with Crippen molar-refractivity contribution in [1.82, 2.24) is 10.6 Å². The van der Waals surface area contributed by atoms with Gasteiger partial charge in [-0.2, -0.15) is 11.3 Å². The van der Waals surface area contributed by atoms with Crippen molar-refractivity contribution in [3.8, 4) is 5.75 Å². The van der Waals surface area contributed by atoms with Gasteiger partial charge in [-0.1, -0.05) is 12.1 Å². The second-order valence-corrected chi connectivity index (χ2v) is 5.95. The Morgan fingerprint density at radius 1 is 1.36 bits per heavy atom. The Kier molecular flexibility index (Phi) is 5.41. The number of aliphatic hydroxyl groups is 1. The molecule has 0 saturated heterocycles. The van der Waals surface area contributed by atoms with Gasteiger partial charge < -0.3 is 20.5 Å². The van der Waals surface area contributed by atoms with Crippen molar-refractivity contribution in [2.24, 2.45) is 0 Å². The summed E-state index contributed by atoms with van der Waals surface area (Å²) < 4.78 is 5.13. The smallest absolute Gasteiger partial charge is 0.315 e. The summed E-state index contributed by atoms with van der Waals surface area (Å²) in [6, 6.07) is 9.02. The summed E-state index contributed by atoms with van der Waals surface area (Å²) in [5, 5.41) is 19.5. The summed E-state index contributed by atoms with van der Waals surface area (Å²) in [4.78, 5) is 11.8. The molecule has 0 spiro atoms. The van der Waals surface area contributed by atoms with Crippen LogP contribution in [0, 0.1) is 0 Å². The molecule has 1 aromatic heterocycles. The van der Waals surface area contributed by atoms with E-state index >= 15 is 0 Å². The van der Waals surface area contributed by atoms with Gasteiger partial charge in [-0.3, -0.25) is 0 Å². The van der Waals surface area contributed by atoms with Crippen molar-refractivity contribution in [2.75, 3.05) is 13.7 Å². The number of carbonyl (C=O) groups is 1. The van der Waals surface area contributed by atoms with Crippen molar-refractivity contribution < 1.29 is 14.6 Å². The van der Waals surface area contributed by atoms with Gasteiger partial charge in [-0.05, 0) is 47.0 Å². The molecule has 3 N–H and O–H groups in total. The van der Waals surface area contributed by atoms with Gasteiger partial charge in [-0.15, -0.1) is 0 Å². The number of ether oxygens (including phenoxy) is 1. The van der Waals surface area contributed by atoms with E-state index in [4.69, 9.17) is 4.74 Å². The fourth-order valence-electron chi connectivity index (χ4n) is 1.95. The third kappa shape index (κ3) is 4.47.